The summed E-state index contributed by atoms with van der Waals surface area (Å²) >= 11 is 0. The third kappa shape index (κ3) is 77.7. The van der Waals surface area contributed by atoms with Crippen LogP contribution in [0.15, 0.2) is 0 Å². The standard InChI is InChI=1S/CH2O3.K.Na.H2O.2H/c2-1(3)4;;;;;/h(H2,2,3,4);;;1H2;;/q;2*+1;;2*-1. The van der Waals surface area contributed by atoms with Gasteiger partial charge in [0.2, 0.25) is 0 Å². The molecular weight excluding hydrogens is 138 g/mol. The Kier molecular flexibility index (Phi) is 51.8. The molecule has 4 nitrogen and oxygen atoms in total. The Balaban J connectivity index is -0.00000000450. The van der Waals surface area contributed by atoms with Gasteiger partial charge in [-0.05, 0) is 0 Å². The average molecular weight is 144 g/mol. The van der Waals surface area contributed by atoms with Crippen LogP contribution in [0.5, 0.6) is 0 Å². The second-order valence-corrected chi connectivity index (χ2v) is 0.283. The molecule has 0 rings (SSSR count). The van der Waals surface area contributed by atoms with Gasteiger partial charge >= 0.3 is 87.1 Å². The van der Waals surface area contributed by atoms with E-state index in [1.54, 1.807) is 0 Å². The van der Waals surface area contributed by atoms with Crippen molar-refractivity contribution < 1.29 is 104 Å². The first-order chi connectivity index (χ1) is 1.73. The van der Waals surface area contributed by atoms with E-state index in [2.05, 4.69) is 0 Å². The molecule has 0 radical (unpaired) electrons. The number of hydrogen-bond donors (Lipinski definition) is 2. The van der Waals surface area contributed by atoms with Crippen molar-refractivity contribution >= 4 is 6.16 Å². The summed E-state index contributed by atoms with van der Waals surface area (Å²) in [6.45, 7) is 0. The maximum absolute atomic E-state index is 8.56. The Morgan fingerprint density at radius 3 is 1.43 bits per heavy atom. The van der Waals surface area contributed by atoms with Crippen molar-refractivity contribution in [3.05, 3.63) is 0 Å². The van der Waals surface area contributed by atoms with E-state index in [0.29, 0.717) is 0 Å². The second kappa shape index (κ2) is 15.7. The first kappa shape index (κ1) is 23.2. The number of carbonyl (C=O) groups is 1. The van der Waals surface area contributed by atoms with Gasteiger partial charge in [0.15, 0.2) is 0 Å². The molecule has 0 saturated carbocycles. The normalized spacial score (nSPS) is 3.43. The van der Waals surface area contributed by atoms with Crippen molar-refractivity contribution in [2.45, 2.75) is 0 Å². The molecule has 0 saturated heterocycles. The molecule has 0 aromatic rings. The van der Waals surface area contributed by atoms with Crippen molar-refractivity contribution in [3.63, 3.8) is 0 Å². The van der Waals surface area contributed by atoms with Crippen LogP contribution in [-0.4, -0.2) is 21.8 Å². The quantitative estimate of drug-likeness (QED) is 0.331. The Morgan fingerprint density at radius 2 is 1.43 bits per heavy atom. The summed E-state index contributed by atoms with van der Waals surface area (Å²) in [5.74, 6) is 0. The number of carboxylic acid groups (broad SMARTS) is 2. The van der Waals surface area contributed by atoms with Crippen molar-refractivity contribution in [2.75, 3.05) is 0 Å². The molecular formula is CH6KNaO4. The largest absolute Gasteiger partial charge is 1.00 e. The molecule has 0 aliphatic rings. The van der Waals surface area contributed by atoms with Crippen molar-refractivity contribution in [2.24, 2.45) is 0 Å². The fourth-order valence-electron chi connectivity index (χ4n) is 0. The molecule has 0 bridgehead atoms. The minimum absolute atomic E-state index is 0. The van der Waals surface area contributed by atoms with Crippen LogP contribution in [0.3, 0.4) is 0 Å². The minimum Gasteiger partial charge on any atom is -1.00 e. The molecule has 0 fully saturated rings. The first-order valence-corrected chi connectivity index (χ1v) is 0.651. The molecule has 6 heteroatoms. The van der Waals surface area contributed by atoms with E-state index < -0.39 is 6.16 Å². The van der Waals surface area contributed by atoms with Crippen LogP contribution < -0.4 is 80.9 Å². The molecule has 0 aromatic carbocycles. The Hall–Kier alpha value is 1.87. The molecule has 0 spiro atoms. The van der Waals surface area contributed by atoms with E-state index in [9.17, 15) is 0 Å². The van der Waals surface area contributed by atoms with E-state index in [1.807, 2.05) is 0 Å². The van der Waals surface area contributed by atoms with Crippen LogP contribution >= 0.6 is 0 Å². The van der Waals surface area contributed by atoms with Gasteiger partial charge in [-0.25, -0.2) is 4.79 Å². The summed E-state index contributed by atoms with van der Waals surface area (Å²) in [4.78, 5) is 8.56. The molecule has 7 heavy (non-hydrogen) atoms. The molecule has 4 N–H and O–H groups in total. The zero-order valence-corrected chi connectivity index (χ0v) is 9.43. The van der Waals surface area contributed by atoms with Crippen LogP contribution in [0.1, 0.15) is 2.85 Å². The van der Waals surface area contributed by atoms with E-state index in [4.69, 9.17) is 15.0 Å². The third-order valence-electron chi connectivity index (χ3n) is 0. The summed E-state index contributed by atoms with van der Waals surface area (Å²) in [7, 11) is 0. The Labute approximate surface area is 108 Å². The van der Waals surface area contributed by atoms with E-state index >= 15 is 0 Å². The Morgan fingerprint density at radius 1 is 1.43 bits per heavy atom. The zero-order chi connectivity index (χ0) is 3.58. The molecule has 0 aliphatic heterocycles. The first-order valence-electron chi connectivity index (χ1n) is 0.651. The molecule has 0 aromatic heterocycles. The van der Waals surface area contributed by atoms with E-state index in [-0.39, 0.29) is 89.3 Å². The summed E-state index contributed by atoms with van der Waals surface area (Å²) in [5, 5.41) is 13.9. The van der Waals surface area contributed by atoms with Crippen LogP contribution in [0.2, 0.25) is 0 Å². The fraction of sp³-hybridized carbons (Fsp3) is 0. The van der Waals surface area contributed by atoms with Crippen molar-refractivity contribution in [3.8, 4) is 0 Å². The average Bonchev–Trinajstić information content (AvgIpc) is 0.811. The van der Waals surface area contributed by atoms with Crippen molar-refractivity contribution in [1.29, 1.82) is 0 Å². The van der Waals surface area contributed by atoms with Gasteiger partial charge in [0.05, 0.1) is 0 Å². The second-order valence-electron chi connectivity index (χ2n) is 0.283. The topological polar surface area (TPSA) is 89.0 Å². The SMILES string of the molecule is O.O=C(O)O.[H-].[H-].[K+].[Na+]. The Bertz CT molecular complexity index is 41.5. The molecule has 0 unspecified atom stereocenters. The van der Waals surface area contributed by atoms with Gasteiger partial charge in [-0.3, -0.25) is 0 Å². The third-order valence-corrected chi connectivity index (χ3v) is 0. The molecule has 0 aliphatic carbocycles. The summed E-state index contributed by atoms with van der Waals surface area (Å²) in [5.41, 5.74) is 0. The van der Waals surface area contributed by atoms with Gasteiger partial charge in [-0.2, -0.15) is 0 Å². The van der Waals surface area contributed by atoms with Gasteiger partial charge in [0.25, 0.3) is 0 Å². The van der Waals surface area contributed by atoms with Gasteiger partial charge in [-0.15, -0.1) is 0 Å². The van der Waals surface area contributed by atoms with Crippen LogP contribution in [0.4, 0.5) is 4.79 Å². The van der Waals surface area contributed by atoms with E-state index in [0.717, 1.165) is 0 Å². The van der Waals surface area contributed by atoms with Gasteiger partial charge < -0.3 is 18.5 Å². The van der Waals surface area contributed by atoms with Crippen LogP contribution in [0, 0.1) is 0 Å². The summed E-state index contributed by atoms with van der Waals surface area (Å²) < 4.78 is 0. The maximum atomic E-state index is 8.56. The van der Waals surface area contributed by atoms with Gasteiger partial charge in [-0.1, -0.05) is 0 Å². The van der Waals surface area contributed by atoms with Crippen LogP contribution in [0.25, 0.3) is 0 Å². The molecule has 0 heterocycles. The maximum Gasteiger partial charge on any atom is 1.00 e. The van der Waals surface area contributed by atoms with Crippen molar-refractivity contribution in [1.82, 2.24) is 0 Å². The predicted octanol–water partition coefficient (Wildman–Crippen LogP) is -6.37. The summed E-state index contributed by atoms with van der Waals surface area (Å²) in [6, 6.07) is 0. The predicted molar refractivity (Wildman–Crippen MR) is 16.5 cm³/mol. The minimum atomic E-state index is -1.83. The number of rotatable bonds is 0. The fourth-order valence-corrected chi connectivity index (χ4v) is 0. The molecule has 0 amide bonds. The van der Waals surface area contributed by atoms with E-state index in [1.165, 1.54) is 0 Å². The molecule has 0 atom stereocenters. The zero-order valence-electron chi connectivity index (χ0n) is 6.30. The monoisotopic (exact) mass is 144 g/mol. The van der Waals surface area contributed by atoms with Gasteiger partial charge in [0.1, 0.15) is 0 Å². The molecule has 36 valence electrons. The number of hydrogen-bond acceptors (Lipinski definition) is 1. The van der Waals surface area contributed by atoms with Crippen LogP contribution in [-0.2, 0) is 0 Å². The smallest absolute Gasteiger partial charge is 1.00 e. The summed E-state index contributed by atoms with van der Waals surface area (Å²) in [6.07, 6.45) is -1.83. The van der Waals surface area contributed by atoms with Gasteiger partial charge in [0, 0.05) is 0 Å².